The van der Waals surface area contributed by atoms with Gasteiger partial charge in [-0.05, 0) is 65.1 Å². The first-order valence-electron chi connectivity index (χ1n) is 6.14. The summed E-state index contributed by atoms with van der Waals surface area (Å²) in [7, 11) is 0. The number of amides is 1. The number of fused-ring (bicyclic) bond motifs is 1. The summed E-state index contributed by atoms with van der Waals surface area (Å²) < 4.78 is 1.09. The van der Waals surface area contributed by atoms with Crippen LogP contribution in [0.1, 0.15) is 10.4 Å². The van der Waals surface area contributed by atoms with Crippen LogP contribution in [0.15, 0.2) is 60.8 Å². The smallest absolute Gasteiger partial charge is 0.255 e. The number of halogens is 1. The van der Waals surface area contributed by atoms with E-state index in [1.807, 2.05) is 48.5 Å². The third-order valence-corrected chi connectivity index (χ3v) is 3.62. The summed E-state index contributed by atoms with van der Waals surface area (Å²) in [5.41, 5.74) is 2.32. The predicted molar refractivity (Wildman–Crippen MR) is 88.9 cm³/mol. The fourth-order valence-corrected chi connectivity index (χ4v) is 2.53. The van der Waals surface area contributed by atoms with Gasteiger partial charge in [-0.1, -0.05) is 12.1 Å². The molecule has 3 nitrogen and oxygen atoms in total. The molecule has 0 saturated heterocycles. The number of nitrogens with zero attached hydrogens (tertiary/aromatic N) is 1. The first-order chi connectivity index (χ1) is 9.72. The van der Waals surface area contributed by atoms with Crippen molar-refractivity contribution in [2.75, 3.05) is 5.32 Å². The molecule has 3 rings (SSSR count). The molecule has 0 aliphatic rings. The maximum Gasteiger partial charge on any atom is 0.255 e. The molecule has 0 aliphatic carbocycles. The van der Waals surface area contributed by atoms with Crippen molar-refractivity contribution in [2.45, 2.75) is 0 Å². The number of carbonyl (C=O) groups excluding carboxylic acids is 1. The summed E-state index contributed by atoms with van der Waals surface area (Å²) in [5, 5.41) is 3.86. The fourth-order valence-electron chi connectivity index (χ4n) is 1.99. The number of pyridine rings is 1. The first-order valence-corrected chi connectivity index (χ1v) is 7.22. The van der Waals surface area contributed by atoms with Crippen LogP contribution in [0.3, 0.4) is 0 Å². The van der Waals surface area contributed by atoms with E-state index in [1.54, 1.807) is 12.3 Å². The highest BCUT2D eigenvalue weighted by Gasteiger charge is 2.07. The number of aromatic nitrogens is 1. The van der Waals surface area contributed by atoms with E-state index in [-0.39, 0.29) is 5.91 Å². The molecule has 1 aromatic heterocycles. The van der Waals surface area contributed by atoms with Gasteiger partial charge in [-0.15, -0.1) is 0 Å². The largest absolute Gasteiger partial charge is 0.322 e. The Hall–Kier alpha value is -1.95. The van der Waals surface area contributed by atoms with Crippen LogP contribution < -0.4 is 5.32 Å². The lowest BCUT2D eigenvalue weighted by molar-refractivity contribution is 0.102. The maximum absolute atomic E-state index is 12.2. The molecule has 0 saturated carbocycles. The monoisotopic (exact) mass is 374 g/mol. The molecule has 0 fully saturated rings. The quantitative estimate of drug-likeness (QED) is 0.687. The highest BCUT2D eigenvalue weighted by atomic mass is 127. The van der Waals surface area contributed by atoms with Crippen molar-refractivity contribution in [1.82, 2.24) is 4.98 Å². The Kier molecular flexibility index (Phi) is 3.64. The molecule has 20 heavy (non-hydrogen) atoms. The lowest BCUT2D eigenvalue weighted by Gasteiger charge is -2.06. The molecule has 0 unspecified atom stereocenters. The second kappa shape index (κ2) is 5.58. The molecule has 1 amide bonds. The van der Waals surface area contributed by atoms with Crippen molar-refractivity contribution in [3.8, 4) is 0 Å². The van der Waals surface area contributed by atoms with E-state index in [0.29, 0.717) is 5.56 Å². The van der Waals surface area contributed by atoms with E-state index in [2.05, 4.69) is 32.9 Å². The van der Waals surface area contributed by atoms with Gasteiger partial charge in [0, 0.05) is 26.4 Å². The lowest BCUT2D eigenvalue weighted by atomic mass is 10.1. The summed E-state index contributed by atoms with van der Waals surface area (Å²) in [6, 6.07) is 17.0. The number of carbonyl (C=O) groups is 1. The summed E-state index contributed by atoms with van der Waals surface area (Å²) in [6.45, 7) is 0. The van der Waals surface area contributed by atoms with Gasteiger partial charge >= 0.3 is 0 Å². The van der Waals surface area contributed by atoms with Crippen molar-refractivity contribution in [2.24, 2.45) is 0 Å². The maximum atomic E-state index is 12.2. The van der Waals surface area contributed by atoms with Crippen molar-refractivity contribution < 1.29 is 4.79 Å². The summed E-state index contributed by atoms with van der Waals surface area (Å²) >= 11 is 2.22. The average molecular weight is 374 g/mol. The third kappa shape index (κ3) is 2.80. The van der Waals surface area contributed by atoms with Gasteiger partial charge in [0.15, 0.2) is 0 Å². The first kappa shape index (κ1) is 13.1. The predicted octanol–water partition coefficient (Wildman–Crippen LogP) is 4.09. The Bertz CT molecular complexity index is 786. The fraction of sp³-hybridized carbons (Fsp3) is 0. The van der Waals surface area contributed by atoms with E-state index < -0.39 is 0 Å². The van der Waals surface area contributed by atoms with Crippen LogP contribution in [0.5, 0.6) is 0 Å². The third-order valence-electron chi connectivity index (χ3n) is 2.95. The molecular weight excluding hydrogens is 363 g/mol. The van der Waals surface area contributed by atoms with Crippen LogP contribution in [-0.4, -0.2) is 10.9 Å². The average Bonchev–Trinajstić information content (AvgIpc) is 2.47. The van der Waals surface area contributed by atoms with Gasteiger partial charge in [-0.3, -0.25) is 9.78 Å². The summed E-state index contributed by atoms with van der Waals surface area (Å²) in [4.78, 5) is 16.5. The lowest BCUT2D eigenvalue weighted by Crippen LogP contribution is -2.11. The molecule has 0 aliphatic heterocycles. The van der Waals surface area contributed by atoms with E-state index in [9.17, 15) is 4.79 Å². The van der Waals surface area contributed by atoms with Gasteiger partial charge in [0.2, 0.25) is 0 Å². The van der Waals surface area contributed by atoms with Crippen molar-refractivity contribution >= 4 is 45.1 Å². The molecule has 0 radical (unpaired) electrons. The normalized spacial score (nSPS) is 10.4. The zero-order chi connectivity index (χ0) is 13.9. The van der Waals surface area contributed by atoms with Crippen molar-refractivity contribution in [3.05, 3.63) is 69.9 Å². The number of rotatable bonds is 2. The molecule has 2 aromatic carbocycles. The molecule has 0 atom stereocenters. The Labute approximate surface area is 130 Å². The number of nitrogens with one attached hydrogen (secondary N) is 1. The Balaban J connectivity index is 1.88. The molecule has 0 spiro atoms. The van der Waals surface area contributed by atoms with Crippen molar-refractivity contribution in [1.29, 1.82) is 0 Å². The number of hydrogen-bond acceptors (Lipinski definition) is 2. The van der Waals surface area contributed by atoms with E-state index in [1.165, 1.54) is 0 Å². The molecule has 98 valence electrons. The van der Waals surface area contributed by atoms with Crippen LogP contribution >= 0.6 is 22.6 Å². The molecular formula is C16H11IN2O. The molecule has 1 heterocycles. The minimum atomic E-state index is -0.113. The molecule has 3 aromatic rings. The van der Waals surface area contributed by atoms with Gasteiger partial charge in [0.1, 0.15) is 0 Å². The van der Waals surface area contributed by atoms with Crippen LogP contribution in [0.25, 0.3) is 10.9 Å². The van der Waals surface area contributed by atoms with Gasteiger partial charge in [-0.25, -0.2) is 0 Å². The minimum Gasteiger partial charge on any atom is -0.322 e. The number of benzene rings is 2. The van der Waals surface area contributed by atoms with Gasteiger partial charge in [-0.2, -0.15) is 0 Å². The van der Waals surface area contributed by atoms with E-state index in [4.69, 9.17) is 0 Å². The SMILES string of the molecule is O=C(Nc1cccc(I)c1)c1ccc2ncccc2c1. The molecule has 0 bridgehead atoms. The Morgan fingerprint density at radius 3 is 2.80 bits per heavy atom. The van der Waals surface area contributed by atoms with E-state index >= 15 is 0 Å². The van der Waals surface area contributed by atoms with Crippen molar-refractivity contribution in [3.63, 3.8) is 0 Å². The van der Waals surface area contributed by atoms with Crippen LogP contribution in [0.4, 0.5) is 5.69 Å². The number of anilines is 1. The zero-order valence-electron chi connectivity index (χ0n) is 10.5. The minimum absolute atomic E-state index is 0.113. The Morgan fingerprint density at radius 2 is 1.95 bits per heavy atom. The molecule has 4 heteroatoms. The van der Waals surface area contributed by atoms with Crippen LogP contribution in [-0.2, 0) is 0 Å². The summed E-state index contributed by atoms with van der Waals surface area (Å²) in [5.74, 6) is -0.113. The standard InChI is InChI=1S/C16H11IN2O/c17-13-4-1-5-14(10-13)19-16(20)12-6-7-15-11(9-12)3-2-8-18-15/h1-10H,(H,19,20). The highest BCUT2D eigenvalue weighted by molar-refractivity contribution is 14.1. The Morgan fingerprint density at radius 1 is 1.05 bits per heavy atom. The zero-order valence-corrected chi connectivity index (χ0v) is 12.7. The highest BCUT2D eigenvalue weighted by Crippen LogP contribution is 2.16. The summed E-state index contributed by atoms with van der Waals surface area (Å²) in [6.07, 6.45) is 1.74. The van der Waals surface area contributed by atoms with E-state index in [0.717, 1.165) is 20.2 Å². The topological polar surface area (TPSA) is 42.0 Å². The van der Waals surface area contributed by atoms with Gasteiger partial charge < -0.3 is 5.32 Å². The van der Waals surface area contributed by atoms with Gasteiger partial charge in [0.25, 0.3) is 5.91 Å². The second-order valence-electron chi connectivity index (χ2n) is 4.38. The molecule has 1 N–H and O–H groups in total. The van der Waals surface area contributed by atoms with Gasteiger partial charge in [0.05, 0.1) is 5.52 Å². The number of hydrogen-bond donors (Lipinski definition) is 1. The second-order valence-corrected chi connectivity index (χ2v) is 5.62. The van der Waals surface area contributed by atoms with Crippen LogP contribution in [0, 0.1) is 3.57 Å². The van der Waals surface area contributed by atoms with Crippen LogP contribution in [0.2, 0.25) is 0 Å².